The van der Waals surface area contributed by atoms with Crippen molar-refractivity contribution in [3.8, 4) is 0 Å². The summed E-state index contributed by atoms with van der Waals surface area (Å²) < 4.78 is 41.8. The first-order valence-corrected chi connectivity index (χ1v) is 6.40. The average Bonchev–Trinajstić information content (AvgIpc) is 2.45. The van der Waals surface area contributed by atoms with E-state index in [4.69, 9.17) is 11.6 Å². The fraction of sp³-hybridized carbons (Fsp3) is 0.385. The van der Waals surface area contributed by atoms with E-state index in [2.05, 4.69) is 10.1 Å². The van der Waals surface area contributed by atoms with Crippen molar-refractivity contribution < 1.29 is 27.5 Å². The monoisotopic (exact) mass is 323 g/mol. The standard InChI is InChI=1S/C13H13ClF3NO3/c1-21-12(20)10(18-11(19)7-14)6-8-2-4-9(5-3-8)13(15,16)17/h2-5,10H,6-7H2,1H3,(H,18,19). The molecule has 0 spiro atoms. The van der Waals surface area contributed by atoms with Gasteiger partial charge < -0.3 is 10.1 Å². The molecule has 1 amide bonds. The molecule has 1 unspecified atom stereocenters. The molecule has 116 valence electrons. The first kappa shape index (κ1) is 17.3. The number of amides is 1. The Kier molecular flexibility index (Phi) is 6.02. The lowest BCUT2D eigenvalue weighted by Gasteiger charge is -2.16. The van der Waals surface area contributed by atoms with Crippen molar-refractivity contribution in [3.63, 3.8) is 0 Å². The van der Waals surface area contributed by atoms with Gasteiger partial charge in [-0.05, 0) is 17.7 Å². The van der Waals surface area contributed by atoms with Crippen LogP contribution >= 0.6 is 11.6 Å². The minimum Gasteiger partial charge on any atom is -0.467 e. The number of ether oxygens (including phenoxy) is 1. The van der Waals surface area contributed by atoms with Crippen molar-refractivity contribution in [2.24, 2.45) is 0 Å². The molecular weight excluding hydrogens is 311 g/mol. The van der Waals surface area contributed by atoms with Crippen LogP contribution in [0.25, 0.3) is 0 Å². The van der Waals surface area contributed by atoms with E-state index in [1.165, 1.54) is 12.1 Å². The van der Waals surface area contributed by atoms with Gasteiger partial charge in [-0.1, -0.05) is 12.1 Å². The maximum atomic E-state index is 12.4. The number of benzene rings is 1. The van der Waals surface area contributed by atoms with Crippen LogP contribution in [0.2, 0.25) is 0 Å². The van der Waals surface area contributed by atoms with Gasteiger partial charge in [-0.3, -0.25) is 4.79 Å². The number of carbonyl (C=O) groups excluding carboxylic acids is 2. The van der Waals surface area contributed by atoms with E-state index >= 15 is 0 Å². The molecule has 21 heavy (non-hydrogen) atoms. The summed E-state index contributed by atoms with van der Waals surface area (Å²) in [4.78, 5) is 22.8. The number of rotatable bonds is 5. The predicted molar refractivity (Wildman–Crippen MR) is 69.8 cm³/mol. The minimum absolute atomic E-state index is 0.00738. The molecule has 4 nitrogen and oxygen atoms in total. The maximum absolute atomic E-state index is 12.4. The maximum Gasteiger partial charge on any atom is 0.416 e. The van der Waals surface area contributed by atoms with E-state index in [0.717, 1.165) is 19.2 Å². The fourth-order valence-electron chi connectivity index (χ4n) is 1.63. The molecule has 0 aliphatic heterocycles. The number of methoxy groups -OCH3 is 1. The van der Waals surface area contributed by atoms with Crippen LogP contribution in [0.5, 0.6) is 0 Å². The Morgan fingerprint density at radius 1 is 1.29 bits per heavy atom. The molecule has 0 saturated carbocycles. The topological polar surface area (TPSA) is 55.4 Å². The predicted octanol–water partition coefficient (Wildman–Crippen LogP) is 2.14. The molecule has 1 N–H and O–H groups in total. The molecule has 1 atom stereocenters. The van der Waals surface area contributed by atoms with E-state index in [1.807, 2.05) is 0 Å². The van der Waals surface area contributed by atoms with Crippen molar-refractivity contribution in [1.29, 1.82) is 0 Å². The highest BCUT2D eigenvalue weighted by Gasteiger charge is 2.30. The van der Waals surface area contributed by atoms with Gasteiger partial charge in [0.15, 0.2) is 0 Å². The van der Waals surface area contributed by atoms with Crippen LogP contribution in [0.1, 0.15) is 11.1 Å². The Hall–Kier alpha value is -1.76. The van der Waals surface area contributed by atoms with Gasteiger partial charge in [0, 0.05) is 6.42 Å². The Morgan fingerprint density at radius 2 is 1.86 bits per heavy atom. The third-order valence-electron chi connectivity index (χ3n) is 2.66. The lowest BCUT2D eigenvalue weighted by molar-refractivity contribution is -0.144. The third kappa shape index (κ3) is 5.26. The number of halogens is 4. The summed E-state index contributed by atoms with van der Waals surface area (Å²) in [6.07, 6.45) is -4.42. The van der Waals surface area contributed by atoms with Crippen LogP contribution in [0.4, 0.5) is 13.2 Å². The molecule has 0 radical (unpaired) electrons. The molecule has 0 aliphatic rings. The van der Waals surface area contributed by atoms with E-state index in [9.17, 15) is 22.8 Å². The lowest BCUT2D eigenvalue weighted by atomic mass is 10.0. The highest BCUT2D eigenvalue weighted by atomic mass is 35.5. The largest absolute Gasteiger partial charge is 0.467 e. The lowest BCUT2D eigenvalue weighted by Crippen LogP contribution is -2.43. The van der Waals surface area contributed by atoms with Crippen molar-refractivity contribution >= 4 is 23.5 Å². The Bertz CT molecular complexity index is 502. The molecule has 0 saturated heterocycles. The van der Waals surface area contributed by atoms with Gasteiger partial charge in [-0.25, -0.2) is 4.79 Å². The van der Waals surface area contributed by atoms with Crippen molar-refractivity contribution in [2.75, 3.05) is 13.0 Å². The number of hydrogen-bond acceptors (Lipinski definition) is 3. The van der Waals surface area contributed by atoms with Crippen molar-refractivity contribution in [2.45, 2.75) is 18.6 Å². The van der Waals surface area contributed by atoms with Crippen LogP contribution in [-0.4, -0.2) is 30.9 Å². The SMILES string of the molecule is COC(=O)C(Cc1ccc(C(F)(F)F)cc1)NC(=O)CCl. The molecule has 1 aromatic carbocycles. The van der Waals surface area contributed by atoms with Gasteiger partial charge in [0.25, 0.3) is 0 Å². The zero-order valence-corrected chi connectivity index (χ0v) is 11.8. The molecular formula is C13H13ClF3NO3. The quantitative estimate of drug-likeness (QED) is 0.667. The second kappa shape index (κ2) is 7.31. The van der Waals surface area contributed by atoms with Gasteiger partial charge in [-0.15, -0.1) is 11.6 Å². The van der Waals surface area contributed by atoms with Gasteiger partial charge in [0.1, 0.15) is 11.9 Å². The number of carbonyl (C=O) groups is 2. The molecule has 0 aromatic heterocycles. The van der Waals surface area contributed by atoms with Gasteiger partial charge >= 0.3 is 12.1 Å². The zero-order valence-electron chi connectivity index (χ0n) is 11.0. The molecule has 0 heterocycles. The highest BCUT2D eigenvalue weighted by Crippen LogP contribution is 2.29. The Labute approximate surface area is 124 Å². The van der Waals surface area contributed by atoms with Crippen LogP contribution in [0.3, 0.4) is 0 Å². The van der Waals surface area contributed by atoms with E-state index < -0.39 is 29.7 Å². The normalized spacial score (nSPS) is 12.6. The molecule has 0 bridgehead atoms. The van der Waals surface area contributed by atoms with Crippen LogP contribution in [0.15, 0.2) is 24.3 Å². The number of nitrogens with one attached hydrogen (secondary N) is 1. The Morgan fingerprint density at radius 3 is 2.29 bits per heavy atom. The average molecular weight is 324 g/mol. The molecule has 1 aromatic rings. The van der Waals surface area contributed by atoms with E-state index in [-0.39, 0.29) is 12.3 Å². The van der Waals surface area contributed by atoms with Gasteiger partial charge in [-0.2, -0.15) is 13.2 Å². The van der Waals surface area contributed by atoms with E-state index in [1.54, 1.807) is 0 Å². The van der Waals surface area contributed by atoms with Crippen molar-refractivity contribution in [3.05, 3.63) is 35.4 Å². The number of alkyl halides is 4. The summed E-state index contributed by atoms with van der Waals surface area (Å²) in [6, 6.07) is 3.30. The summed E-state index contributed by atoms with van der Waals surface area (Å²) in [5.41, 5.74) is -0.334. The molecule has 1 rings (SSSR count). The summed E-state index contributed by atoms with van der Waals surface area (Å²) in [5.74, 6) is -1.60. The smallest absolute Gasteiger partial charge is 0.416 e. The summed E-state index contributed by atoms with van der Waals surface area (Å²) >= 11 is 5.33. The van der Waals surface area contributed by atoms with Crippen LogP contribution < -0.4 is 5.32 Å². The van der Waals surface area contributed by atoms with Gasteiger partial charge in [0.05, 0.1) is 12.7 Å². The first-order chi connectivity index (χ1) is 9.77. The first-order valence-electron chi connectivity index (χ1n) is 5.87. The fourth-order valence-corrected chi connectivity index (χ4v) is 1.71. The molecule has 0 fully saturated rings. The number of hydrogen-bond donors (Lipinski definition) is 1. The summed E-state index contributed by atoms with van der Waals surface area (Å²) in [6.45, 7) is 0. The van der Waals surface area contributed by atoms with Crippen molar-refractivity contribution in [1.82, 2.24) is 5.32 Å². The summed E-state index contributed by atoms with van der Waals surface area (Å²) in [5, 5.41) is 2.34. The number of esters is 1. The zero-order chi connectivity index (χ0) is 16.0. The molecule has 8 heteroatoms. The second-order valence-electron chi connectivity index (χ2n) is 4.18. The van der Waals surface area contributed by atoms with Crippen LogP contribution in [-0.2, 0) is 26.9 Å². The highest BCUT2D eigenvalue weighted by molar-refractivity contribution is 6.27. The summed E-state index contributed by atoms with van der Waals surface area (Å²) in [7, 11) is 1.15. The molecule has 0 aliphatic carbocycles. The van der Waals surface area contributed by atoms with Crippen LogP contribution in [0, 0.1) is 0 Å². The minimum atomic E-state index is -4.42. The van der Waals surface area contributed by atoms with Gasteiger partial charge in [0.2, 0.25) is 5.91 Å². The third-order valence-corrected chi connectivity index (χ3v) is 2.91. The van der Waals surface area contributed by atoms with E-state index in [0.29, 0.717) is 5.56 Å². The second-order valence-corrected chi connectivity index (χ2v) is 4.44. The Balaban J connectivity index is 2.83.